The number of aromatic nitrogens is 1. The minimum Gasteiger partial charge on any atom is -0.497 e. The highest BCUT2D eigenvalue weighted by atomic mass is 16.5. The van der Waals surface area contributed by atoms with E-state index in [1.165, 1.54) is 5.56 Å². The average Bonchev–Trinajstić information content (AvgIpc) is 2.49. The van der Waals surface area contributed by atoms with Gasteiger partial charge in [-0.2, -0.15) is 0 Å². The van der Waals surface area contributed by atoms with E-state index in [1.54, 1.807) is 7.11 Å². The predicted molar refractivity (Wildman–Crippen MR) is 75.8 cm³/mol. The number of nitrogens with zero attached hydrogens (tertiary/aromatic N) is 1. The van der Waals surface area contributed by atoms with Gasteiger partial charge in [-0.15, -0.1) is 0 Å². The molecule has 2 rings (SSSR count). The lowest BCUT2D eigenvalue weighted by Gasteiger charge is -2.07. The maximum atomic E-state index is 5.67. The van der Waals surface area contributed by atoms with Crippen molar-refractivity contribution in [2.75, 3.05) is 13.7 Å². The number of methoxy groups -OCH3 is 1. The molecular formula is C16H19NO2. The van der Waals surface area contributed by atoms with Gasteiger partial charge >= 0.3 is 0 Å². The number of pyridine rings is 1. The molecule has 0 bridgehead atoms. The second-order valence-corrected chi connectivity index (χ2v) is 4.29. The molecule has 1 aromatic heterocycles. The Labute approximate surface area is 114 Å². The summed E-state index contributed by atoms with van der Waals surface area (Å²) < 4.78 is 10.8. The van der Waals surface area contributed by atoms with Crippen LogP contribution >= 0.6 is 0 Å². The molecule has 100 valence electrons. The molecule has 0 radical (unpaired) electrons. The average molecular weight is 257 g/mol. The van der Waals surface area contributed by atoms with Gasteiger partial charge in [0, 0.05) is 18.3 Å². The fourth-order valence-corrected chi connectivity index (χ4v) is 1.76. The smallest absolute Gasteiger partial charge is 0.119 e. The van der Waals surface area contributed by atoms with Crippen molar-refractivity contribution in [3.05, 3.63) is 53.9 Å². The normalized spacial score (nSPS) is 10.2. The first-order valence-electron chi connectivity index (χ1n) is 6.52. The van der Waals surface area contributed by atoms with Gasteiger partial charge in [0.1, 0.15) is 11.5 Å². The Morgan fingerprint density at radius 1 is 1.00 bits per heavy atom. The van der Waals surface area contributed by atoms with E-state index in [9.17, 15) is 0 Å². The van der Waals surface area contributed by atoms with E-state index >= 15 is 0 Å². The van der Waals surface area contributed by atoms with Crippen LogP contribution in [0.4, 0.5) is 0 Å². The fourth-order valence-electron chi connectivity index (χ4n) is 1.76. The second-order valence-electron chi connectivity index (χ2n) is 4.29. The molecule has 2 aromatic rings. The van der Waals surface area contributed by atoms with Crippen molar-refractivity contribution in [3.63, 3.8) is 0 Å². The van der Waals surface area contributed by atoms with Crippen molar-refractivity contribution in [2.24, 2.45) is 0 Å². The number of aryl methyl sites for hydroxylation is 1. The molecule has 0 fully saturated rings. The first-order chi connectivity index (χ1) is 9.31. The van der Waals surface area contributed by atoms with Gasteiger partial charge in [0.15, 0.2) is 0 Å². The zero-order valence-corrected chi connectivity index (χ0v) is 11.4. The van der Waals surface area contributed by atoms with Crippen LogP contribution in [0, 0.1) is 0 Å². The fraction of sp³-hybridized carbons (Fsp3) is 0.312. The Morgan fingerprint density at radius 2 is 1.74 bits per heavy atom. The zero-order chi connectivity index (χ0) is 13.5. The molecule has 0 saturated carbocycles. The summed E-state index contributed by atoms with van der Waals surface area (Å²) in [4.78, 5) is 4.41. The van der Waals surface area contributed by atoms with Crippen molar-refractivity contribution in [1.29, 1.82) is 0 Å². The van der Waals surface area contributed by atoms with Gasteiger partial charge in [0.2, 0.25) is 0 Å². The molecule has 0 unspecified atom stereocenters. The largest absolute Gasteiger partial charge is 0.497 e. The van der Waals surface area contributed by atoms with Crippen LogP contribution < -0.4 is 9.47 Å². The van der Waals surface area contributed by atoms with E-state index in [-0.39, 0.29) is 0 Å². The highest BCUT2D eigenvalue weighted by Gasteiger charge is 1.98. The summed E-state index contributed by atoms with van der Waals surface area (Å²) in [5.74, 6) is 1.69. The van der Waals surface area contributed by atoms with Crippen LogP contribution in [-0.2, 0) is 12.8 Å². The summed E-state index contributed by atoms with van der Waals surface area (Å²) in [5.41, 5.74) is 2.32. The van der Waals surface area contributed by atoms with Crippen molar-refractivity contribution < 1.29 is 9.47 Å². The Morgan fingerprint density at radius 3 is 2.32 bits per heavy atom. The van der Waals surface area contributed by atoms with Crippen molar-refractivity contribution in [3.8, 4) is 11.5 Å². The van der Waals surface area contributed by atoms with Gasteiger partial charge in [-0.05, 0) is 42.3 Å². The van der Waals surface area contributed by atoms with Crippen LogP contribution in [0.3, 0.4) is 0 Å². The maximum Gasteiger partial charge on any atom is 0.119 e. The Kier molecular flexibility index (Phi) is 4.78. The van der Waals surface area contributed by atoms with Crippen LogP contribution in [-0.4, -0.2) is 18.7 Å². The van der Waals surface area contributed by atoms with Gasteiger partial charge in [-0.1, -0.05) is 13.0 Å². The monoisotopic (exact) mass is 257 g/mol. The highest BCUT2D eigenvalue weighted by molar-refractivity contribution is 5.31. The van der Waals surface area contributed by atoms with E-state index < -0.39 is 0 Å². The molecular weight excluding hydrogens is 238 g/mol. The summed E-state index contributed by atoms with van der Waals surface area (Å²) in [6.07, 6.45) is 3.77. The topological polar surface area (TPSA) is 31.4 Å². The SMILES string of the molecule is CCc1ccc(CCOc2ccc(OC)cc2)nc1. The molecule has 0 aliphatic carbocycles. The summed E-state index contributed by atoms with van der Waals surface area (Å²) in [6, 6.07) is 11.8. The van der Waals surface area contributed by atoms with Crippen molar-refractivity contribution >= 4 is 0 Å². The molecule has 0 aliphatic heterocycles. The molecule has 1 aromatic carbocycles. The molecule has 3 heteroatoms. The molecule has 0 atom stereocenters. The number of benzene rings is 1. The predicted octanol–water partition coefficient (Wildman–Crippen LogP) is 3.27. The third-order valence-corrected chi connectivity index (χ3v) is 2.98. The summed E-state index contributed by atoms with van der Waals surface area (Å²) >= 11 is 0. The summed E-state index contributed by atoms with van der Waals surface area (Å²) in [5, 5.41) is 0. The molecule has 1 heterocycles. The Bertz CT molecular complexity index is 444. The zero-order valence-electron chi connectivity index (χ0n) is 11.4. The third kappa shape index (κ3) is 3.98. The lowest BCUT2D eigenvalue weighted by atomic mass is 10.2. The van der Waals surface area contributed by atoms with Crippen LogP contribution in [0.5, 0.6) is 11.5 Å². The van der Waals surface area contributed by atoms with E-state index in [2.05, 4.69) is 24.0 Å². The first kappa shape index (κ1) is 13.4. The molecule has 0 amide bonds. The molecule has 0 aliphatic rings. The van der Waals surface area contributed by atoms with E-state index in [1.807, 2.05) is 30.5 Å². The first-order valence-corrected chi connectivity index (χ1v) is 6.52. The van der Waals surface area contributed by atoms with Crippen LogP contribution in [0.2, 0.25) is 0 Å². The van der Waals surface area contributed by atoms with Crippen LogP contribution in [0.25, 0.3) is 0 Å². The van der Waals surface area contributed by atoms with E-state index in [4.69, 9.17) is 9.47 Å². The highest BCUT2D eigenvalue weighted by Crippen LogP contribution is 2.17. The van der Waals surface area contributed by atoms with E-state index in [0.717, 1.165) is 30.0 Å². The second kappa shape index (κ2) is 6.78. The number of hydrogen-bond donors (Lipinski definition) is 0. The number of hydrogen-bond acceptors (Lipinski definition) is 3. The Balaban J connectivity index is 1.81. The standard InChI is InChI=1S/C16H19NO2/c1-3-13-4-5-14(17-12-13)10-11-19-16-8-6-15(18-2)7-9-16/h4-9,12H,3,10-11H2,1-2H3. The van der Waals surface area contributed by atoms with Gasteiger partial charge in [-0.3, -0.25) is 4.98 Å². The van der Waals surface area contributed by atoms with Crippen molar-refractivity contribution in [2.45, 2.75) is 19.8 Å². The third-order valence-electron chi connectivity index (χ3n) is 2.98. The molecule has 19 heavy (non-hydrogen) atoms. The van der Waals surface area contributed by atoms with Gasteiger partial charge in [0.05, 0.1) is 13.7 Å². The minimum absolute atomic E-state index is 0.630. The quantitative estimate of drug-likeness (QED) is 0.796. The lowest BCUT2D eigenvalue weighted by Crippen LogP contribution is -2.03. The number of rotatable bonds is 6. The van der Waals surface area contributed by atoms with Gasteiger partial charge in [-0.25, -0.2) is 0 Å². The van der Waals surface area contributed by atoms with E-state index in [0.29, 0.717) is 6.61 Å². The van der Waals surface area contributed by atoms with Crippen LogP contribution in [0.15, 0.2) is 42.6 Å². The van der Waals surface area contributed by atoms with Crippen LogP contribution in [0.1, 0.15) is 18.2 Å². The molecule has 0 saturated heterocycles. The minimum atomic E-state index is 0.630. The Hall–Kier alpha value is -2.03. The van der Waals surface area contributed by atoms with Gasteiger partial charge < -0.3 is 9.47 Å². The summed E-state index contributed by atoms with van der Waals surface area (Å²) in [7, 11) is 1.65. The molecule has 3 nitrogen and oxygen atoms in total. The molecule has 0 N–H and O–H groups in total. The van der Waals surface area contributed by atoms with Crippen molar-refractivity contribution in [1.82, 2.24) is 4.98 Å². The van der Waals surface area contributed by atoms with Gasteiger partial charge in [0.25, 0.3) is 0 Å². The summed E-state index contributed by atoms with van der Waals surface area (Å²) in [6.45, 7) is 2.76. The maximum absolute atomic E-state index is 5.67. The lowest BCUT2D eigenvalue weighted by molar-refractivity contribution is 0.319. The number of ether oxygens (including phenoxy) is 2. The molecule has 0 spiro atoms.